The van der Waals surface area contributed by atoms with Gasteiger partial charge in [0.2, 0.25) is 15.9 Å². The van der Waals surface area contributed by atoms with Gasteiger partial charge in [-0.3, -0.25) is 0 Å². The summed E-state index contributed by atoms with van der Waals surface area (Å²) in [6.45, 7) is 6.58. The summed E-state index contributed by atoms with van der Waals surface area (Å²) in [5.74, 6) is 0.00556. The van der Waals surface area contributed by atoms with E-state index in [1.807, 2.05) is 26.1 Å². The van der Waals surface area contributed by atoms with Crippen LogP contribution in [0.2, 0.25) is 0 Å². The maximum absolute atomic E-state index is 12.2. The van der Waals surface area contributed by atoms with Crippen molar-refractivity contribution in [3.8, 4) is 5.88 Å². The summed E-state index contributed by atoms with van der Waals surface area (Å²) in [4.78, 5) is 3.95. The standard InChI is InChI=1S/C14H25N3O4S/c1-14(2,3)16-9-11(18)10-21-13-12(7-6-8-15-13)22(19,20)17(4)5/h6-8,11,16,18H,9-10H2,1-5H3/p+1/t11-/m0/s1. The number of sulfonamides is 1. The molecule has 3 N–H and O–H groups in total. The first kappa shape index (κ1) is 18.8. The van der Waals surface area contributed by atoms with Crippen molar-refractivity contribution in [2.45, 2.75) is 37.3 Å². The zero-order valence-electron chi connectivity index (χ0n) is 13.8. The van der Waals surface area contributed by atoms with Crippen LogP contribution in [0.15, 0.2) is 23.2 Å². The molecule has 0 saturated carbocycles. The first-order valence-corrected chi connectivity index (χ1v) is 8.51. The highest BCUT2D eigenvalue weighted by molar-refractivity contribution is 7.89. The molecule has 0 radical (unpaired) electrons. The number of aliphatic hydroxyl groups is 1. The van der Waals surface area contributed by atoms with E-state index in [1.165, 1.54) is 32.4 Å². The lowest BCUT2D eigenvalue weighted by molar-refractivity contribution is -0.722. The summed E-state index contributed by atoms with van der Waals surface area (Å²) in [6, 6.07) is 2.97. The van der Waals surface area contributed by atoms with E-state index in [4.69, 9.17) is 4.74 Å². The molecule has 1 rings (SSSR count). The Morgan fingerprint density at radius 1 is 1.41 bits per heavy atom. The van der Waals surface area contributed by atoms with Crippen molar-refractivity contribution < 1.29 is 23.6 Å². The van der Waals surface area contributed by atoms with Gasteiger partial charge < -0.3 is 15.2 Å². The van der Waals surface area contributed by atoms with Crippen molar-refractivity contribution in [2.24, 2.45) is 0 Å². The fourth-order valence-corrected chi connectivity index (χ4v) is 2.59. The molecule has 0 aliphatic rings. The van der Waals surface area contributed by atoms with Gasteiger partial charge in [0.1, 0.15) is 24.2 Å². The predicted octanol–water partition coefficient (Wildman–Crippen LogP) is -0.566. The summed E-state index contributed by atoms with van der Waals surface area (Å²) in [5, 5.41) is 11.9. The fourth-order valence-electron chi connectivity index (χ4n) is 1.61. The van der Waals surface area contributed by atoms with Gasteiger partial charge in [0.05, 0.1) is 5.54 Å². The summed E-state index contributed by atoms with van der Waals surface area (Å²) in [5.41, 5.74) is 0.00536. The Bertz CT molecular complexity index is 582. The Morgan fingerprint density at radius 2 is 2.05 bits per heavy atom. The van der Waals surface area contributed by atoms with E-state index in [0.717, 1.165) is 4.31 Å². The SMILES string of the molecule is CN(C)S(=O)(=O)c1cccnc1OC[C@@H](O)C[NH2+]C(C)(C)C. The monoisotopic (exact) mass is 332 g/mol. The number of quaternary nitrogens is 1. The molecular weight excluding hydrogens is 306 g/mol. The Balaban J connectivity index is 2.76. The highest BCUT2D eigenvalue weighted by Crippen LogP contribution is 2.22. The summed E-state index contributed by atoms with van der Waals surface area (Å²) >= 11 is 0. The van der Waals surface area contributed by atoms with Crippen LogP contribution in [0.1, 0.15) is 20.8 Å². The predicted molar refractivity (Wildman–Crippen MR) is 83.2 cm³/mol. The molecule has 1 aromatic rings. The van der Waals surface area contributed by atoms with E-state index in [-0.39, 0.29) is 22.9 Å². The van der Waals surface area contributed by atoms with Crippen molar-refractivity contribution in [2.75, 3.05) is 27.2 Å². The van der Waals surface area contributed by atoms with Gasteiger partial charge >= 0.3 is 0 Å². The van der Waals surface area contributed by atoms with Crippen molar-refractivity contribution in [1.82, 2.24) is 9.29 Å². The molecule has 0 saturated heterocycles. The van der Waals surface area contributed by atoms with Gasteiger partial charge in [-0.25, -0.2) is 17.7 Å². The second kappa shape index (κ2) is 7.36. The van der Waals surface area contributed by atoms with Crippen LogP contribution in [-0.4, -0.2) is 61.7 Å². The fraction of sp³-hybridized carbons (Fsp3) is 0.643. The van der Waals surface area contributed by atoms with Crippen LogP contribution in [0.25, 0.3) is 0 Å². The van der Waals surface area contributed by atoms with Crippen LogP contribution in [0.3, 0.4) is 0 Å². The highest BCUT2D eigenvalue weighted by Gasteiger charge is 2.24. The van der Waals surface area contributed by atoms with Gasteiger partial charge in [0.15, 0.2) is 0 Å². The molecule has 1 atom stereocenters. The molecule has 0 aliphatic heterocycles. The summed E-state index contributed by atoms with van der Waals surface area (Å²) in [7, 11) is -0.747. The van der Waals surface area contributed by atoms with E-state index in [0.29, 0.717) is 6.54 Å². The molecule has 1 heterocycles. The minimum absolute atomic E-state index is 0.00536. The molecular formula is C14H26N3O4S+. The third-order valence-electron chi connectivity index (χ3n) is 2.91. The zero-order valence-corrected chi connectivity index (χ0v) is 14.6. The molecule has 0 spiro atoms. The molecule has 0 aliphatic carbocycles. The Labute approximate surface area is 132 Å². The molecule has 7 nitrogen and oxygen atoms in total. The van der Waals surface area contributed by atoms with Crippen LogP contribution in [0, 0.1) is 0 Å². The number of hydrogen-bond acceptors (Lipinski definition) is 5. The number of rotatable bonds is 7. The first-order valence-electron chi connectivity index (χ1n) is 7.07. The second-order valence-corrected chi connectivity index (χ2v) is 8.49. The maximum Gasteiger partial charge on any atom is 0.247 e. The number of nitrogens with zero attached hydrogens (tertiary/aromatic N) is 2. The van der Waals surface area contributed by atoms with E-state index in [1.54, 1.807) is 0 Å². The van der Waals surface area contributed by atoms with Gasteiger partial charge in [0, 0.05) is 20.3 Å². The van der Waals surface area contributed by atoms with Crippen molar-refractivity contribution >= 4 is 10.0 Å². The van der Waals surface area contributed by atoms with Crippen LogP contribution in [0.5, 0.6) is 5.88 Å². The van der Waals surface area contributed by atoms with Gasteiger partial charge in [-0.2, -0.15) is 0 Å². The molecule has 1 aromatic heterocycles. The number of aromatic nitrogens is 1. The Kier molecular flexibility index (Phi) is 6.30. The molecule has 0 unspecified atom stereocenters. The van der Waals surface area contributed by atoms with E-state index < -0.39 is 16.1 Å². The maximum atomic E-state index is 12.2. The van der Waals surface area contributed by atoms with Crippen molar-refractivity contribution in [3.63, 3.8) is 0 Å². The first-order chi connectivity index (χ1) is 10.0. The van der Waals surface area contributed by atoms with Crippen LogP contribution < -0.4 is 10.1 Å². The van der Waals surface area contributed by atoms with Crippen LogP contribution in [-0.2, 0) is 10.0 Å². The van der Waals surface area contributed by atoms with Crippen molar-refractivity contribution in [3.05, 3.63) is 18.3 Å². The average Bonchev–Trinajstić information content (AvgIpc) is 2.42. The van der Waals surface area contributed by atoms with E-state index >= 15 is 0 Å². The normalized spacial score (nSPS) is 14.1. The lowest BCUT2D eigenvalue weighted by Crippen LogP contribution is -2.96. The molecule has 0 aromatic carbocycles. The third-order valence-corrected chi connectivity index (χ3v) is 4.74. The lowest BCUT2D eigenvalue weighted by Gasteiger charge is -2.20. The number of hydrogen-bond donors (Lipinski definition) is 2. The van der Waals surface area contributed by atoms with Crippen molar-refractivity contribution in [1.29, 1.82) is 0 Å². The molecule has 0 fully saturated rings. The highest BCUT2D eigenvalue weighted by atomic mass is 32.2. The van der Waals surface area contributed by atoms with Gasteiger partial charge in [0.25, 0.3) is 0 Å². The number of nitrogens with two attached hydrogens (primary N) is 1. The summed E-state index contributed by atoms with van der Waals surface area (Å²) < 4.78 is 30.9. The lowest BCUT2D eigenvalue weighted by atomic mass is 10.1. The van der Waals surface area contributed by atoms with Gasteiger partial charge in [-0.1, -0.05) is 0 Å². The van der Waals surface area contributed by atoms with E-state index in [2.05, 4.69) is 4.98 Å². The Morgan fingerprint density at radius 3 is 2.59 bits per heavy atom. The molecule has 0 amide bonds. The second-order valence-electron chi connectivity index (χ2n) is 6.36. The number of ether oxygens (including phenoxy) is 1. The molecule has 0 bridgehead atoms. The molecule has 8 heteroatoms. The minimum atomic E-state index is -3.63. The topological polar surface area (TPSA) is 96.3 Å². The molecule has 22 heavy (non-hydrogen) atoms. The summed E-state index contributed by atoms with van der Waals surface area (Å²) in [6.07, 6.45) is 0.744. The van der Waals surface area contributed by atoms with Crippen LogP contribution >= 0.6 is 0 Å². The van der Waals surface area contributed by atoms with Gasteiger partial charge in [-0.05, 0) is 32.9 Å². The Hall–Kier alpha value is -1.22. The molecule has 126 valence electrons. The quantitative estimate of drug-likeness (QED) is 0.697. The number of pyridine rings is 1. The average molecular weight is 332 g/mol. The zero-order chi connectivity index (χ0) is 17.0. The number of aliphatic hydroxyl groups excluding tert-OH is 1. The third kappa shape index (κ3) is 5.53. The largest absolute Gasteiger partial charge is 0.474 e. The van der Waals surface area contributed by atoms with Crippen LogP contribution in [0.4, 0.5) is 0 Å². The van der Waals surface area contributed by atoms with Gasteiger partial charge in [-0.15, -0.1) is 0 Å². The minimum Gasteiger partial charge on any atom is -0.474 e. The van der Waals surface area contributed by atoms with E-state index in [9.17, 15) is 13.5 Å². The smallest absolute Gasteiger partial charge is 0.247 e.